The number of nitrogens with one attached hydrogen (secondary N) is 1. The second kappa shape index (κ2) is 6.96. The van der Waals surface area contributed by atoms with Gasteiger partial charge in [0.25, 0.3) is 0 Å². The van der Waals surface area contributed by atoms with Gasteiger partial charge in [-0.15, -0.1) is 0 Å². The molecule has 122 valence electrons. The maximum absolute atomic E-state index is 9.64. The van der Waals surface area contributed by atoms with Gasteiger partial charge in [-0.2, -0.15) is 4.98 Å². The van der Waals surface area contributed by atoms with Crippen molar-refractivity contribution in [3.05, 3.63) is 47.2 Å². The number of anilines is 2. The van der Waals surface area contributed by atoms with Crippen LogP contribution in [0.1, 0.15) is 42.4 Å². The Bertz CT molecular complexity index is 649. The Kier molecular flexibility index (Phi) is 4.76. The highest BCUT2D eigenvalue weighted by atomic mass is 16.3. The van der Waals surface area contributed by atoms with E-state index in [1.165, 1.54) is 11.1 Å². The second-order valence-electron chi connectivity index (χ2n) is 6.41. The number of aliphatic hydroxyl groups is 1. The van der Waals surface area contributed by atoms with E-state index in [9.17, 15) is 5.11 Å². The predicted octanol–water partition coefficient (Wildman–Crippen LogP) is 2.67. The lowest BCUT2D eigenvalue weighted by molar-refractivity contribution is 0.126. The van der Waals surface area contributed by atoms with Crippen LogP contribution in [0.25, 0.3) is 0 Å². The van der Waals surface area contributed by atoms with E-state index in [-0.39, 0.29) is 12.1 Å². The Labute approximate surface area is 137 Å². The maximum atomic E-state index is 9.64. The minimum atomic E-state index is -0.157. The molecule has 4 N–H and O–H groups in total. The molecule has 0 amide bonds. The van der Waals surface area contributed by atoms with E-state index in [1.54, 1.807) is 0 Å². The molecule has 23 heavy (non-hydrogen) atoms. The van der Waals surface area contributed by atoms with E-state index in [2.05, 4.69) is 46.5 Å². The summed E-state index contributed by atoms with van der Waals surface area (Å²) < 4.78 is 0. The van der Waals surface area contributed by atoms with Gasteiger partial charge in [-0.05, 0) is 38.2 Å². The van der Waals surface area contributed by atoms with Crippen molar-refractivity contribution in [2.45, 2.75) is 51.2 Å². The van der Waals surface area contributed by atoms with Gasteiger partial charge in [0.2, 0.25) is 5.95 Å². The van der Waals surface area contributed by atoms with Crippen LogP contribution in [-0.2, 0) is 6.42 Å². The van der Waals surface area contributed by atoms with E-state index < -0.39 is 0 Å². The van der Waals surface area contributed by atoms with Gasteiger partial charge in [0.15, 0.2) is 0 Å². The van der Waals surface area contributed by atoms with Crippen LogP contribution in [0.5, 0.6) is 0 Å². The number of rotatable bonds is 4. The summed E-state index contributed by atoms with van der Waals surface area (Å²) in [6.45, 7) is 2.08. The van der Waals surface area contributed by atoms with E-state index in [0.29, 0.717) is 6.04 Å². The fraction of sp³-hybridized carbons (Fsp3) is 0.444. The summed E-state index contributed by atoms with van der Waals surface area (Å²) in [6, 6.07) is 8.83. The highest BCUT2D eigenvalue weighted by Crippen LogP contribution is 2.24. The number of aliphatic hydroxyl groups excluding tert-OH is 1. The van der Waals surface area contributed by atoms with Gasteiger partial charge in [0.1, 0.15) is 5.82 Å². The largest absolute Gasteiger partial charge is 0.393 e. The van der Waals surface area contributed by atoms with Crippen molar-refractivity contribution < 1.29 is 5.11 Å². The lowest BCUT2D eigenvalue weighted by Crippen LogP contribution is -2.29. The molecule has 0 spiro atoms. The van der Waals surface area contributed by atoms with Gasteiger partial charge < -0.3 is 16.2 Å². The van der Waals surface area contributed by atoms with Crippen molar-refractivity contribution in [3.63, 3.8) is 0 Å². The number of aryl methyl sites for hydroxylation is 1. The Balaban J connectivity index is 1.76. The zero-order valence-electron chi connectivity index (χ0n) is 13.5. The number of nitrogen functional groups attached to an aromatic ring is 1. The van der Waals surface area contributed by atoms with E-state index in [4.69, 9.17) is 5.73 Å². The molecule has 3 rings (SSSR count). The molecule has 2 aromatic rings. The molecule has 5 heteroatoms. The number of nitrogens with zero attached hydrogens (tertiary/aromatic N) is 2. The Morgan fingerprint density at radius 3 is 2.57 bits per heavy atom. The highest BCUT2D eigenvalue weighted by Gasteiger charge is 2.20. The maximum Gasteiger partial charge on any atom is 0.221 e. The fourth-order valence-electron chi connectivity index (χ4n) is 3.01. The number of benzene rings is 1. The zero-order valence-corrected chi connectivity index (χ0v) is 13.5. The van der Waals surface area contributed by atoms with Crippen molar-refractivity contribution >= 4 is 11.8 Å². The van der Waals surface area contributed by atoms with Gasteiger partial charge in [-0.25, -0.2) is 4.98 Å². The summed E-state index contributed by atoms with van der Waals surface area (Å²) in [6.07, 6.45) is 6.01. The summed E-state index contributed by atoms with van der Waals surface area (Å²) in [5.74, 6) is 1.11. The van der Waals surface area contributed by atoms with Crippen LogP contribution in [0.3, 0.4) is 0 Å². The summed E-state index contributed by atoms with van der Waals surface area (Å²) in [5.41, 5.74) is 9.30. The second-order valence-corrected chi connectivity index (χ2v) is 6.41. The zero-order chi connectivity index (χ0) is 16.2. The summed E-state index contributed by atoms with van der Waals surface area (Å²) in [7, 11) is 0. The fourth-order valence-corrected chi connectivity index (χ4v) is 3.01. The molecule has 1 fully saturated rings. The van der Waals surface area contributed by atoms with Crippen molar-refractivity contribution in [3.8, 4) is 0 Å². The van der Waals surface area contributed by atoms with Gasteiger partial charge in [0.05, 0.1) is 6.10 Å². The topological polar surface area (TPSA) is 84.1 Å². The molecule has 5 nitrogen and oxygen atoms in total. The van der Waals surface area contributed by atoms with Gasteiger partial charge in [-0.1, -0.05) is 29.8 Å². The van der Waals surface area contributed by atoms with Crippen LogP contribution >= 0.6 is 0 Å². The third kappa shape index (κ3) is 4.20. The molecule has 1 heterocycles. The predicted molar refractivity (Wildman–Crippen MR) is 92.3 cm³/mol. The standard InChI is InChI=1S/C18H24N4O/c1-12-2-4-13(5-3-12)10-14-11-20-18(19)22-17(14)21-15-6-8-16(23)9-7-15/h2-5,11,15-16,23H,6-10H2,1H3,(H3,19,20,21,22). The monoisotopic (exact) mass is 312 g/mol. The first kappa shape index (κ1) is 15.7. The van der Waals surface area contributed by atoms with Crippen LogP contribution in [0.2, 0.25) is 0 Å². The minimum absolute atomic E-state index is 0.157. The third-order valence-electron chi connectivity index (χ3n) is 4.44. The van der Waals surface area contributed by atoms with E-state index in [1.807, 2.05) is 6.20 Å². The smallest absolute Gasteiger partial charge is 0.221 e. The number of hydrogen-bond donors (Lipinski definition) is 3. The summed E-state index contributed by atoms with van der Waals surface area (Å²) in [5, 5.41) is 13.1. The van der Waals surface area contributed by atoms with Crippen LogP contribution in [-0.4, -0.2) is 27.2 Å². The molecule has 0 unspecified atom stereocenters. The van der Waals surface area contributed by atoms with Crippen molar-refractivity contribution in [2.24, 2.45) is 0 Å². The van der Waals surface area contributed by atoms with Crippen LogP contribution in [0.4, 0.5) is 11.8 Å². The average molecular weight is 312 g/mol. The highest BCUT2D eigenvalue weighted by molar-refractivity contribution is 5.49. The number of nitrogens with two attached hydrogens (primary N) is 1. The molecule has 0 saturated heterocycles. The molecule has 1 aliphatic rings. The Morgan fingerprint density at radius 1 is 1.17 bits per heavy atom. The van der Waals surface area contributed by atoms with Crippen molar-refractivity contribution in [1.82, 2.24) is 9.97 Å². The molecule has 0 radical (unpaired) electrons. The summed E-state index contributed by atoms with van der Waals surface area (Å²) >= 11 is 0. The third-order valence-corrected chi connectivity index (χ3v) is 4.44. The SMILES string of the molecule is Cc1ccc(Cc2cnc(N)nc2NC2CCC(O)CC2)cc1. The van der Waals surface area contributed by atoms with Gasteiger partial charge >= 0.3 is 0 Å². The van der Waals surface area contributed by atoms with Gasteiger partial charge in [-0.3, -0.25) is 0 Å². The van der Waals surface area contributed by atoms with E-state index >= 15 is 0 Å². The summed E-state index contributed by atoms with van der Waals surface area (Å²) in [4.78, 5) is 8.54. The Hall–Kier alpha value is -2.14. The van der Waals surface area contributed by atoms with Crippen molar-refractivity contribution in [2.75, 3.05) is 11.1 Å². The Morgan fingerprint density at radius 2 is 1.87 bits per heavy atom. The molecular formula is C18H24N4O. The van der Waals surface area contributed by atoms with Crippen LogP contribution < -0.4 is 11.1 Å². The molecule has 1 aromatic carbocycles. The molecule has 0 atom stereocenters. The number of aromatic nitrogens is 2. The van der Waals surface area contributed by atoms with E-state index in [0.717, 1.165) is 43.5 Å². The van der Waals surface area contributed by atoms with Crippen LogP contribution in [0, 0.1) is 6.92 Å². The first-order chi connectivity index (χ1) is 11.1. The van der Waals surface area contributed by atoms with Gasteiger partial charge in [0, 0.05) is 24.2 Å². The number of hydrogen-bond acceptors (Lipinski definition) is 5. The first-order valence-corrected chi connectivity index (χ1v) is 8.21. The van der Waals surface area contributed by atoms with Crippen molar-refractivity contribution in [1.29, 1.82) is 0 Å². The quantitative estimate of drug-likeness (QED) is 0.808. The van der Waals surface area contributed by atoms with Crippen LogP contribution in [0.15, 0.2) is 30.5 Å². The lowest BCUT2D eigenvalue weighted by Gasteiger charge is -2.27. The molecular weight excluding hydrogens is 288 g/mol. The lowest BCUT2D eigenvalue weighted by atomic mass is 9.93. The minimum Gasteiger partial charge on any atom is -0.393 e. The molecule has 1 aromatic heterocycles. The first-order valence-electron chi connectivity index (χ1n) is 8.21. The molecule has 0 aliphatic heterocycles. The molecule has 1 aliphatic carbocycles. The molecule has 1 saturated carbocycles. The molecule has 0 bridgehead atoms. The average Bonchev–Trinajstić information content (AvgIpc) is 2.54. The normalized spacial score (nSPS) is 21.1.